The Kier molecular flexibility index (Phi) is 7.70. The SMILES string of the molecule is Cl.NC[C@H]1CC[C@@H](C(=O)N2CCCN(C(=O)c3ccc(Cl)cc3)CC2)O1. The van der Waals surface area contributed by atoms with Gasteiger partial charge >= 0.3 is 0 Å². The van der Waals surface area contributed by atoms with Gasteiger partial charge in [-0.1, -0.05) is 11.6 Å². The number of carbonyl (C=O) groups is 2. The summed E-state index contributed by atoms with van der Waals surface area (Å²) in [4.78, 5) is 28.9. The van der Waals surface area contributed by atoms with Crippen molar-refractivity contribution in [1.29, 1.82) is 0 Å². The number of halogens is 2. The predicted octanol–water partition coefficient (Wildman–Crippen LogP) is 1.94. The summed E-state index contributed by atoms with van der Waals surface area (Å²) in [6, 6.07) is 6.90. The highest BCUT2D eigenvalue weighted by Crippen LogP contribution is 2.21. The molecule has 0 radical (unpaired) electrons. The molecule has 1 aromatic rings. The molecule has 1 aromatic carbocycles. The van der Waals surface area contributed by atoms with E-state index in [0.29, 0.717) is 43.3 Å². The number of hydrogen-bond donors (Lipinski definition) is 1. The van der Waals surface area contributed by atoms with Gasteiger partial charge in [0.25, 0.3) is 11.8 Å². The number of hydrogen-bond acceptors (Lipinski definition) is 4. The summed E-state index contributed by atoms with van der Waals surface area (Å²) in [5, 5.41) is 0.608. The van der Waals surface area contributed by atoms with E-state index in [4.69, 9.17) is 22.1 Å². The van der Waals surface area contributed by atoms with Crippen molar-refractivity contribution in [3.8, 4) is 0 Å². The Morgan fingerprint density at radius 2 is 1.73 bits per heavy atom. The minimum atomic E-state index is -0.382. The fourth-order valence-electron chi connectivity index (χ4n) is 3.38. The van der Waals surface area contributed by atoms with Crippen LogP contribution >= 0.6 is 24.0 Å². The lowest BCUT2D eigenvalue weighted by atomic mass is 10.2. The Balaban J connectivity index is 0.00000243. The molecule has 2 amide bonds. The van der Waals surface area contributed by atoms with Crippen molar-refractivity contribution in [2.45, 2.75) is 31.5 Å². The monoisotopic (exact) mass is 401 g/mol. The molecule has 2 aliphatic rings. The maximum absolute atomic E-state index is 12.6. The summed E-state index contributed by atoms with van der Waals surface area (Å²) in [7, 11) is 0. The molecule has 3 rings (SSSR count). The first-order valence-electron chi connectivity index (χ1n) is 8.77. The van der Waals surface area contributed by atoms with E-state index >= 15 is 0 Å². The summed E-state index contributed by atoms with van der Waals surface area (Å²) in [5.74, 6) is 0.00280. The summed E-state index contributed by atoms with van der Waals surface area (Å²) >= 11 is 5.88. The molecule has 2 N–H and O–H groups in total. The van der Waals surface area contributed by atoms with E-state index in [1.807, 2.05) is 4.90 Å². The van der Waals surface area contributed by atoms with E-state index in [1.165, 1.54) is 0 Å². The third-order valence-corrected chi connectivity index (χ3v) is 5.08. The molecule has 2 aliphatic heterocycles. The number of nitrogens with two attached hydrogens (primary N) is 1. The Morgan fingerprint density at radius 1 is 1.08 bits per heavy atom. The lowest BCUT2D eigenvalue weighted by molar-refractivity contribution is -0.142. The first-order valence-corrected chi connectivity index (χ1v) is 9.15. The summed E-state index contributed by atoms with van der Waals surface area (Å²) in [6.07, 6.45) is 1.93. The highest BCUT2D eigenvalue weighted by molar-refractivity contribution is 6.30. The number of amides is 2. The van der Waals surface area contributed by atoms with E-state index in [1.54, 1.807) is 29.2 Å². The normalized spacial score (nSPS) is 23.3. The first kappa shape index (κ1) is 21.0. The van der Waals surface area contributed by atoms with Crippen molar-refractivity contribution >= 4 is 35.8 Å². The maximum Gasteiger partial charge on any atom is 0.253 e. The third kappa shape index (κ3) is 4.88. The van der Waals surface area contributed by atoms with Crippen molar-refractivity contribution in [1.82, 2.24) is 9.80 Å². The Bertz CT molecular complexity index is 627. The quantitative estimate of drug-likeness (QED) is 0.839. The molecule has 0 saturated carbocycles. The number of rotatable bonds is 3. The third-order valence-electron chi connectivity index (χ3n) is 4.83. The van der Waals surface area contributed by atoms with E-state index in [0.717, 1.165) is 19.3 Å². The first-order chi connectivity index (χ1) is 12.1. The van der Waals surface area contributed by atoms with Crippen LogP contribution in [-0.2, 0) is 9.53 Å². The molecule has 8 heteroatoms. The zero-order chi connectivity index (χ0) is 17.8. The smallest absolute Gasteiger partial charge is 0.253 e. The van der Waals surface area contributed by atoms with Crippen LogP contribution in [0.4, 0.5) is 0 Å². The molecular weight excluding hydrogens is 377 g/mol. The number of ether oxygens (including phenoxy) is 1. The zero-order valence-corrected chi connectivity index (χ0v) is 16.2. The van der Waals surface area contributed by atoms with Gasteiger partial charge in [0.1, 0.15) is 6.10 Å². The van der Waals surface area contributed by atoms with Crippen molar-refractivity contribution in [2.75, 3.05) is 32.7 Å². The largest absolute Gasteiger partial charge is 0.364 e. The Labute approximate surface area is 165 Å². The molecule has 0 bridgehead atoms. The van der Waals surface area contributed by atoms with Crippen LogP contribution in [0, 0.1) is 0 Å². The molecule has 0 spiro atoms. The predicted molar refractivity (Wildman–Crippen MR) is 103 cm³/mol. The van der Waals surface area contributed by atoms with Crippen LogP contribution in [0.5, 0.6) is 0 Å². The second-order valence-electron chi connectivity index (χ2n) is 6.54. The lowest BCUT2D eigenvalue weighted by Crippen LogP contribution is -2.42. The minimum Gasteiger partial charge on any atom is -0.364 e. The maximum atomic E-state index is 12.6. The van der Waals surface area contributed by atoms with Crippen molar-refractivity contribution in [3.63, 3.8) is 0 Å². The molecule has 6 nitrogen and oxygen atoms in total. The van der Waals surface area contributed by atoms with Gasteiger partial charge in [0.05, 0.1) is 6.10 Å². The molecule has 26 heavy (non-hydrogen) atoms. The Morgan fingerprint density at radius 3 is 2.38 bits per heavy atom. The number of nitrogens with zero attached hydrogens (tertiary/aromatic N) is 2. The highest BCUT2D eigenvalue weighted by atomic mass is 35.5. The van der Waals surface area contributed by atoms with Crippen molar-refractivity contribution in [2.24, 2.45) is 5.73 Å². The van der Waals surface area contributed by atoms with Gasteiger partial charge in [0.15, 0.2) is 0 Å². The molecular formula is C18H25Cl2N3O3. The van der Waals surface area contributed by atoms with E-state index < -0.39 is 0 Å². The molecule has 0 unspecified atom stereocenters. The molecule has 0 aromatic heterocycles. The topological polar surface area (TPSA) is 75.9 Å². The van der Waals surface area contributed by atoms with Gasteiger partial charge in [-0.25, -0.2) is 0 Å². The van der Waals surface area contributed by atoms with E-state index in [9.17, 15) is 9.59 Å². The minimum absolute atomic E-state index is 0. The van der Waals surface area contributed by atoms with Crippen LogP contribution in [0.2, 0.25) is 5.02 Å². The van der Waals surface area contributed by atoms with Gasteiger partial charge in [-0.05, 0) is 43.5 Å². The van der Waals surface area contributed by atoms with Crippen LogP contribution in [0.25, 0.3) is 0 Å². The molecule has 2 heterocycles. The van der Waals surface area contributed by atoms with Gasteiger partial charge < -0.3 is 20.3 Å². The van der Waals surface area contributed by atoms with Gasteiger partial charge in [-0.2, -0.15) is 0 Å². The molecule has 2 saturated heterocycles. The van der Waals surface area contributed by atoms with Crippen LogP contribution in [-0.4, -0.2) is 66.5 Å². The van der Waals surface area contributed by atoms with E-state index in [2.05, 4.69) is 0 Å². The molecule has 144 valence electrons. The summed E-state index contributed by atoms with van der Waals surface area (Å²) < 4.78 is 5.71. The average Bonchev–Trinajstić information content (AvgIpc) is 2.98. The van der Waals surface area contributed by atoms with Crippen LogP contribution in [0.15, 0.2) is 24.3 Å². The average molecular weight is 402 g/mol. The van der Waals surface area contributed by atoms with Gasteiger partial charge in [-0.3, -0.25) is 9.59 Å². The van der Waals surface area contributed by atoms with Gasteiger partial charge in [-0.15, -0.1) is 12.4 Å². The van der Waals surface area contributed by atoms with Crippen molar-refractivity contribution < 1.29 is 14.3 Å². The molecule has 0 aliphatic carbocycles. The van der Waals surface area contributed by atoms with Crippen molar-refractivity contribution in [3.05, 3.63) is 34.9 Å². The number of carbonyl (C=O) groups excluding carboxylic acids is 2. The fourth-order valence-corrected chi connectivity index (χ4v) is 3.51. The molecule has 2 atom stereocenters. The van der Waals surface area contributed by atoms with Crippen LogP contribution in [0.1, 0.15) is 29.6 Å². The Hall–Kier alpha value is -1.34. The summed E-state index contributed by atoms with van der Waals surface area (Å²) in [6.45, 7) is 2.80. The highest BCUT2D eigenvalue weighted by Gasteiger charge is 2.33. The zero-order valence-electron chi connectivity index (χ0n) is 14.6. The number of benzene rings is 1. The van der Waals surface area contributed by atoms with Crippen LogP contribution < -0.4 is 5.73 Å². The standard InChI is InChI=1S/C18H24ClN3O3.ClH/c19-14-4-2-13(3-5-14)17(23)21-8-1-9-22(11-10-21)18(24)16-7-6-15(12-20)25-16;/h2-5,15-16H,1,6-12,20H2;1H/t15-,16+;/m1./s1. The second kappa shape index (κ2) is 9.55. The van der Waals surface area contributed by atoms with Crippen LogP contribution in [0.3, 0.4) is 0 Å². The summed E-state index contributed by atoms with van der Waals surface area (Å²) in [5.41, 5.74) is 6.23. The molecule has 2 fully saturated rings. The van der Waals surface area contributed by atoms with E-state index in [-0.39, 0.29) is 36.4 Å². The lowest BCUT2D eigenvalue weighted by Gasteiger charge is -2.24. The van der Waals surface area contributed by atoms with Gasteiger partial charge in [0.2, 0.25) is 0 Å². The van der Waals surface area contributed by atoms with Gasteiger partial charge in [0, 0.05) is 43.3 Å². The second-order valence-corrected chi connectivity index (χ2v) is 6.97. The fraction of sp³-hybridized carbons (Fsp3) is 0.556.